The van der Waals surface area contributed by atoms with Crippen molar-refractivity contribution in [3.05, 3.63) is 52.3 Å². The molecular weight excluding hydrogens is 274 g/mol. The average molecular weight is 289 g/mol. The molecule has 0 radical (unpaired) electrons. The maximum Gasteiger partial charge on any atom is 0.305 e. The molecule has 1 heterocycles. The van der Waals surface area contributed by atoms with E-state index in [1.807, 2.05) is 0 Å². The van der Waals surface area contributed by atoms with Gasteiger partial charge in [0, 0.05) is 26.0 Å². The summed E-state index contributed by atoms with van der Waals surface area (Å²) in [7, 11) is 1.57. The summed E-state index contributed by atoms with van der Waals surface area (Å²) < 4.78 is 1.67. The second-order valence-electron chi connectivity index (χ2n) is 4.23. The van der Waals surface area contributed by atoms with Gasteiger partial charge in [-0.05, 0) is 18.2 Å². The van der Waals surface area contributed by atoms with Gasteiger partial charge in [-0.15, -0.1) is 0 Å². The number of hydrogen-bond donors (Lipinski definition) is 2. The van der Waals surface area contributed by atoms with E-state index in [0.717, 1.165) is 0 Å². The fourth-order valence-corrected chi connectivity index (χ4v) is 1.94. The summed E-state index contributed by atoms with van der Waals surface area (Å²) in [5.74, 6) is -0.481. The second kappa shape index (κ2) is 6.51. The maximum absolute atomic E-state index is 12.1. The van der Waals surface area contributed by atoms with Crippen LogP contribution >= 0.6 is 0 Å². The van der Waals surface area contributed by atoms with Crippen molar-refractivity contribution < 1.29 is 9.72 Å². The van der Waals surface area contributed by atoms with Crippen molar-refractivity contribution in [2.75, 3.05) is 18.9 Å². The molecule has 0 aliphatic heterocycles. The normalized spacial score (nSPS) is 10.1. The van der Waals surface area contributed by atoms with Crippen molar-refractivity contribution >= 4 is 17.3 Å². The monoisotopic (exact) mass is 289 g/mol. The molecule has 1 aromatic heterocycles. The van der Waals surface area contributed by atoms with E-state index in [0.29, 0.717) is 18.8 Å². The van der Waals surface area contributed by atoms with Gasteiger partial charge in [-0.25, -0.2) is 0 Å². The van der Waals surface area contributed by atoms with Crippen LogP contribution < -0.4 is 10.6 Å². The number of carbonyl (C=O) groups excluding carboxylic acids is 1. The molecule has 0 aliphatic rings. The molecule has 0 saturated carbocycles. The van der Waals surface area contributed by atoms with Crippen LogP contribution in [0.2, 0.25) is 0 Å². The first-order valence-corrected chi connectivity index (χ1v) is 6.34. The van der Waals surface area contributed by atoms with Crippen LogP contribution in [0.25, 0.3) is 0 Å². The number of hydrogen-bond acceptors (Lipinski definition) is 5. The zero-order valence-electron chi connectivity index (χ0n) is 11.4. The van der Waals surface area contributed by atoms with Crippen LogP contribution in [0, 0.1) is 10.1 Å². The predicted molar refractivity (Wildman–Crippen MR) is 77.2 cm³/mol. The zero-order valence-corrected chi connectivity index (χ0v) is 11.4. The Morgan fingerprint density at radius 3 is 2.86 bits per heavy atom. The molecule has 0 unspecified atom stereocenters. The summed E-state index contributed by atoms with van der Waals surface area (Å²) in [5, 5.41) is 20.5. The topological polar surface area (TPSA) is 102 Å². The van der Waals surface area contributed by atoms with E-state index in [4.69, 9.17) is 0 Å². The van der Waals surface area contributed by atoms with E-state index in [-0.39, 0.29) is 11.3 Å². The molecule has 0 saturated heterocycles. The van der Waals surface area contributed by atoms with Crippen LogP contribution in [0.3, 0.4) is 0 Å². The molecule has 1 aromatic carbocycles. The standard InChI is InChI=1S/C13H15N5O3/c1-14-11-5-2-4-10(12(11)18(20)21)13(19)15-7-9-17-8-3-6-16-17/h2-6,8,14H,7,9H2,1H3,(H,15,19). The molecule has 0 spiro atoms. The summed E-state index contributed by atoms with van der Waals surface area (Å²) >= 11 is 0. The van der Waals surface area contributed by atoms with E-state index in [1.54, 1.807) is 42.3 Å². The molecule has 2 rings (SSSR count). The Hall–Kier alpha value is -2.90. The molecule has 1 amide bonds. The van der Waals surface area contributed by atoms with E-state index in [2.05, 4.69) is 15.7 Å². The minimum absolute atomic E-state index is 0.0346. The minimum atomic E-state index is -0.561. The van der Waals surface area contributed by atoms with Crippen molar-refractivity contribution in [2.24, 2.45) is 0 Å². The Bertz CT molecular complexity index is 639. The number of aromatic nitrogens is 2. The fourth-order valence-electron chi connectivity index (χ4n) is 1.94. The molecular formula is C13H15N5O3. The third-order valence-electron chi connectivity index (χ3n) is 2.92. The number of benzene rings is 1. The number of anilines is 1. The zero-order chi connectivity index (χ0) is 15.2. The lowest BCUT2D eigenvalue weighted by molar-refractivity contribution is -0.384. The molecule has 8 nitrogen and oxygen atoms in total. The Morgan fingerprint density at radius 1 is 1.43 bits per heavy atom. The molecule has 110 valence electrons. The lowest BCUT2D eigenvalue weighted by Crippen LogP contribution is -2.28. The molecule has 0 aliphatic carbocycles. The lowest BCUT2D eigenvalue weighted by atomic mass is 10.1. The first kappa shape index (κ1) is 14.5. The van der Waals surface area contributed by atoms with E-state index < -0.39 is 10.8 Å². The van der Waals surface area contributed by atoms with Crippen LogP contribution in [0.5, 0.6) is 0 Å². The van der Waals surface area contributed by atoms with Gasteiger partial charge in [-0.1, -0.05) is 6.07 Å². The highest BCUT2D eigenvalue weighted by Gasteiger charge is 2.23. The number of para-hydroxylation sites is 1. The number of nitrogens with one attached hydrogen (secondary N) is 2. The van der Waals surface area contributed by atoms with Crippen molar-refractivity contribution in [3.63, 3.8) is 0 Å². The Kier molecular flexibility index (Phi) is 4.50. The van der Waals surface area contributed by atoms with Crippen LogP contribution in [-0.2, 0) is 6.54 Å². The third-order valence-corrected chi connectivity index (χ3v) is 2.92. The Morgan fingerprint density at radius 2 is 2.24 bits per heavy atom. The van der Waals surface area contributed by atoms with Crippen LogP contribution in [-0.4, -0.2) is 34.2 Å². The van der Waals surface area contributed by atoms with E-state index >= 15 is 0 Å². The smallest absolute Gasteiger partial charge is 0.305 e. The summed E-state index contributed by atoms with van der Waals surface area (Å²) in [6.07, 6.45) is 3.42. The number of rotatable bonds is 6. The fraction of sp³-hybridized carbons (Fsp3) is 0.231. The quantitative estimate of drug-likeness (QED) is 0.615. The molecule has 0 atom stereocenters. The summed E-state index contributed by atoms with van der Waals surface area (Å²) in [6, 6.07) is 6.37. The summed E-state index contributed by atoms with van der Waals surface area (Å²) in [4.78, 5) is 22.7. The largest absolute Gasteiger partial charge is 0.383 e. The molecule has 8 heteroatoms. The van der Waals surface area contributed by atoms with Gasteiger partial charge in [-0.2, -0.15) is 5.10 Å². The highest BCUT2D eigenvalue weighted by Crippen LogP contribution is 2.27. The van der Waals surface area contributed by atoms with Gasteiger partial charge in [-0.3, -0.25) is 19.6 Å². The number of carbonyl (C=O) groups is 1. The Balaban J connectivity index is 2.10. The van der Waals surface area contributed by atoms with E-state index in [9.17, 15) is 14.9 Å². The molecule has 2 aromatic rings. The second-order valence-corrected chi connectivity index (χ2v) is 4.23. The van der Waals surface area contributed by atoms with Crippen LogP contribution in [0.15, 0.2) is 36.7 Å². The number of nitro groups is 1. The van der Waals surface area contributed by atoms with Gasteiger partial charge in [0.1, 0.15) is 11.3 Å². The predicted octanol–water partition coefficient (Wildman–Crippen LogP) is 1.26. The minimum Gasteiger partial charge on any atom is -0.383 e. The maximum atomic E-state index is 12.1. The van der Waals surface area contributed by atoms with Gasteiger partial charge in [0.15, 0.2) is 0 Å². The third kappa shape index (κ3) is 3.35. The number of nitrogens with zero attached hydrogens (tertiary/aromatic N) is 3. The van der Waals surface area contributed by atoms with Gasteiger partial charge in [0.05, 0.1) is 11.5 Å². The van der Waals surface area contributed by atoms with E-state index in [1.165, 1.54) is 6.07 Å². The number of amides is 1. The lowest BCUT2D eigenvalue weighted by Gasteiger charge is -2.08. The highest BCUT2D eigenvalue weighted by atomic mass is 16.6. The molecule has 0 fully saturated rings. The first-order chi connectivity index (χ1) is 10.1. The van der Waals surface area contributed by atoms with Crippen molar-refractivity contribution in [1.29, 1.82) is 0 Å². The van der Waals surface area contributed by atoms with Crippen molar-refractivity contribution in [1.82, 2.24) is 15.1 Å². The van der Waals surface area contributed by atoms with Crippen LogP contribution in [0.4, 0.5) is 11.4 Å². The molecule has 21 heavy (non-hydrogen) atoms. The highest BCUT2D eigenvalue weighted by molar-refractivity contribution is 6.00. The SMILES string of the molecule is CNc1cccc(C(=O)NCCn2cccn2)c1[N+](=O)[O-]. The first-order valence-electron chi connectivity index (χ1n) is 6.34. The van der Waals surface area contributed by atoms with Crippen molar-refractivity contribution in [3.8, 4) is 0 Å². The van der Waals surface area contributed by atoms with Crippen molar-refractivity contribution in [2.45, 2.75) is 6.54 Å². The summed E-state index contributed by atoms with van der Waals surface area (Å²) in [5.41, 5.74) is 0.114. The van der Waals surface area contributed by atoms with Crippen LogP contribution in [0.1, 0.15) is 10.4 Å². The average Bonchev–Trinajstić information content (AvgIpc) is 2.99. The van der Waals surface area contributed by atoms with Gasteiger partial charge < -0.3 is 10.6 Å². The van der Waals surface area contributed by atoms with Gasteiger partial charge in [0.2, 0.25) is 0 Å². The number of nitro benzene ring substituents is 1. The molecule has 2 N–H and O–H groups in total. The summed E-state index contributed by atoms with van der Waals surface area (Å²) in [6.45, 7) is 0.833. The Labute approximate surface area is 120 Å². The van der Waals surface area contributed by atoms with Gasteiger partial charge in [0.25, 0.3) is 5.91 Å². The van der Waals surface area contributed by atoms with Gasteiger partial charge >= 0.3 is 5.69 Å². The molecule has 0 bridgehead atoms.